The molecule has 0 spiro atoms. The van der Waals surface area contributed by atoms with Gasteiger partial charge in [0, 0.05) is 0 Å². The fourth-order valence-corrected chi connectivity index (χ4v) is 1.05. The Morgan fingerprint density at radius 1 is 0.941 bits per heavy atom. The summed E-state index contributed by atoms with van der Waals surface area (Å²) in [6.07, 6.45) is 0. The molecule has 0 fully saturated rings. The van der Waals surface area contributed by atoms with E-state index in [-0.39, 0.29) is 13.2 Å². The predicted octanol–water partition coefficient (Wildman–Crippen LogP) is 1.46. The minimum atomic E-state index is -0.144. The van der Waals surface area contributed by atoms with Gasteiger partial charge in [0.1, 0.15) is 31.3 Å². The first-order valence-electron chi connectivity index (χ1n) is 5.18. The van der Waals surface area contributed by atoms with Crippen LogP contribution in [0.2, 0.25) is 0 Å². The summed E-state index contributed by atoms with van der Waals surface area (Å²) >= 11 is 0. The van der Waals surface area contributed by atoms with Crippen LogP contribution in [0.25, 0.3) is 0 Å². The van der Waals surface area contributed by atoms with E-state index in [1.165, 1.54) is 0 Å². The highest BCUT2D eigenvalue weighted by Gasteiger charge is 1.94. The Hall–Kier alpha value is -2.10. The zero-order valence-corrected chi connectivity index (χ0v) is 9.69. The topological polar surface area (TPSA) is 38.7 Å². The van der Waals surface area contributed by atoms with Crippen molar-refractivity contribution in [2.24, 2.45) is 0 Å². The summed E-state index contributed by atoms with van der Waals surface area (Å²) in [5.74, 6) is 12.2. The molecule has 0 aliphatic heterocycles. The van der Waals surface area contributed by atoms with Gasteiger partial charge in [-0.3, -0.25) is 0 Å². The average Bonchev–Trinajstić information content (AvgIpc) is 2.37. The minimum absolute atomic E-state index is 0.144. The van der Waals surface area contributed by atoms with Crippen molar-refractivity contribution >= 4 is 0 Å². The molecule has 1 aromatic carbocycles. The lowest BCUT2D eigenvalue weighted by atomic mass is 10.3. The van der Waals surface area contributed by atoms with E-state index in [1.54, 1.807) is 19.1 Å². The van der Waals surface area contributed by atoms with Crippen molar-refractivity contribution in [2.45, 2.75) is 6.92 Å². The summed E-state index contributed by atoms with van der Waals surface area (Å²) in [5, 5.41) is 8.45. The number of ether oxygens (including phenoxy) is 2. The molecule has 3 nitrogen and oxygen atoms in total. The van der Waals surface area contributed by atoms with E-state index in [9.17, 15) is 0 Å². The van der Waals surface area contributed by atoms with Crippen LogP contribution in [0.5, 0.6) is 11.5 Å². The monoisotopic (exact) mass is 230 g/mol. The quantitative estimate of drug-likeness (QED) is 0.796. The van der Waals surface area contributed by atoms with Crippen molar-refractivity contribution in [3.8, 4) is 35.2 Å². The largest absolute Gasteiger partial charge is 0.481 e. The molecule has 0 atom stereocenters. The van der Waals surface area contributed by atoms with E-state index in [1.807, 2.05) is 12.1 Å². The molecular weight excluding hydrogens is 216 g/mol. The molecule has 1 rings (SSSR count). The van der Waals surface area contributed by atoms with Gasteiger partial charge in [-0.2, -0.15) is 0 Å². The third-order valence-corrected chi connectivity index (χ3v) is 1.83. The maximum atomic E-state index is 8.45. The third kappa shape index (κ3) is 5.51. The third-order valence-electron chi connectivity index (χ3n) is 1.83. The van der Waals surface area contributed by atoms with Crippen LogP contribution in [0.15, 0.2) is 24.3 Å². The van der Waals surface area contributed by atoms with Crippen LogP contribution >= 0.6 is 0 Å². The van der Waals surface area contributed by atoms with Crippen LogP contribution in [0.1, 0.15) is 6.92 Å². The van der Waals surface area contributed by atoms with E-state index in [0.29, 0.717) is 12.4 Å². The van der Waals surface area contributed by atoms with Crippen LogP contribution in [0.4, 0.5) is 0 Å². The van der Waals surface area contributed by atoms with Gasteiger partial charge in [0.15, 0.2) is 0 Å². The van der Waals surface area contributed by atoms with Crippen LogP contribution in [-0.4, -0.2) is 24.9 Å². The molecule has 3 heteroatoms. The van der Waals surface area contributed by atoms with Crippen molar-refractivity contribution in [1.29, 1.82) is 0 Å². The van der Waals surface area contributed by atoms with Gasteiger partial charge in [-0.15, -0.1) is 5.92 Å². The Balaban J connectivity index is 2.40. The molecule has 0 saturated carbocycles. The fraction of sp³-hybridized carbons (Fsp3) is 0.286. The lowest BCUT2D eigenvalue weighted by Crippen LogP contribution is -1.96. The second kappa shape index (κ2) is 8.10. The number of benzene rings is 1. The molecule has 0 radical (unpaired) electrons. The van der Waals surface area contributed by atoms with Gasteiger partial charge < -0.3 is 14.6 Å². The normalized spacial score (nSPS) is 8.35. The molecule has 1 N–H and O–H groups in total. The van der Waals surface area contributed by atoms with Crippen molar-refractivity contribution in [2.75, 3.05) is 19.8 Å². The van der Waals surface area contributed by atoms with Crippen LogP contribution in [0.3, 0.4) is 0 Å². The molecule has 0 saturated heterocycles. The second-order valence-corrected chi connectivity index (χ2v) is 2.99. The highest BCUT2D eigenvalue weighted by Crippen LogP contribution is 2.17. The average molecular weight is 230 g/mol. The zero-order chi connectivity index (χ0) is 12.3. The lowest BCUT2D eigenvalue weighted by molar-refractivity contribution is 0.347. The van der Waals surface area contributed by atoms with Gasteiger partial charge in [0.05, 0.1) is 0 Å². The molecule has 0 aliphatic carbocycles. The Morgan fingerprint density at radius 2 is 1.47 bits per heavy atom. The Labute approximate surface area is 101 Å². The number of rotatable bonds is 4. The molecule has 0 aromatic heterocycles. The van der Waals surface area contributed by atoms with Crippen molar-refractivity contribution in [3.05, 3.63) is 24.3 Å². The SMILES string of the molecule is CC#CCOc1ccc(OCC#CCO)cc1. The van der Waals surface area contributed by atoms with E-state index in [4.69, 9.17) is 14.6 Å². The van der Waals surface area contributed by atoms with E-state index >= 15 is 0 Å². The molecule has 0 heterocycles. The maximum Gasteiger partial charge on any atom is 0.149 e. The van der Waals surface area contributed by atoms with Gasteiger partial charge in [0.2, 0.25) is 0 Å². The van der Waals surface area contributed by atoms with Gasteiger partial charge in [-0.1, -0.05) is 17.8 Å². The number of hydrogen-bond donors (Lipinski definition) is 1. The van der Waals surface area contributed by atoms with Crippen LogP contribution in [-0.2, 0) is 0 Å². The molecule has 0 unspecified atom stereocenters. The Morgan fingerprint density at radius 3 is 1.94 bits per heavy atom. The predicted molar refractivity (Wildman–Crippen MR) is 65.7 cm³/mol. The molecule has 1 aromatic rings. The number of aliphatic hydroxyl groups excluding tert-OH is 1. The van der Waals surface area contributed by atoms with Gasteiger partial charge >= 0.3 is 0 Å². The van der Waals surface area contributed by atoms with Crippen molar-refractivity contribution in [3.63, 3.8) is 0 Å². The van der Waals surface area contributed by atoms with E-state index < -0.39 is 0 Å². The maximum absolute atomic E-state index is 8.45. The number of hydrogen-bond acceptors (Lipinski definition) is 3. The fourth-order valence-electron chi connectivity index (χ4n) is 1.05. The van der Waals surface area contributed by atoms with Crippen molar-refractivity contribution < 1.29 is 14.6 Å². The molecule has 0 amide bonds. The smallest absolute Gasteiger partial charge is 0.149 e. The highest BCUT2D eigenvalue weighted by molar-refractivity contribution is 5.31. The first kappa shape index (κ1) is 13.0. The lowest BCUT2D eigenvalue weighted by Gasteiger charge is -2.04. The second-order valence-electron chi connectivity index (χ2n) is 2.99. The minimum Gasteiger partial charge on any atom is -0.481 e. The molecule has 0 bridgehead atoms. The van der Waals surface area contributed by atoms with Gasteiger partial charge in [-0.05, 0) is 31.2 Å². The first-order chi connectivity index (χ1) is 8.36. The first-order valence-corrected chi connectivity index (χ1v) is 5.18. The van der Waals surface area contributed by atoms with E-state index in [2.05, 4.69) is 23.7 Å². The summed E-state index contributed by atoms with van der Waals surface area (Å²) in [4.78, 5) is 0. The van der Waals surface area contributed by atoms with Gasteiger partial charge in [-0.25, -0.2) is 0 Å². The Kier molecular flexibility index (Phi) is 6.18. The number of aliphatic hydroxyl groups is 1. The highest BCUT2D eigenvalue weighted by atomic mass is 16.5. The summed E-state index contributed by atoms with van der Waals surface area (Å²) in [5.41, 5.74) is 0. The Bertz CT molecular complexity index is 440. The molecular formula is C14H14O3. The van der Waals surface area contributed by atoms with Crippen LogP contribution < -0.4 is 9.47 Å². The van der Waals surface area contributed by atoms with E-state index in [0.717, 1.165) is 5.75 Å². The summed E-state index contributed by atoms with van der Waals surface area (Å²) in [6.45, 7) is 2.28. The molecule has 17 heavy (non-hydrogen) atoms. The summed E-state index contributed by atoms with van der Waals surface area (Å²) < 4.78 is 10.7. The van der Waals surface area contributed by atoms with Crippen molar-refractivity contribution in [1.82, 2.24) is 0 Å². The summed E-state index contributed by atoms with van der Waals surface area (Å²) in [6, 6.07) is 7.23. The van der Waals surface area contributed by atoms with Gasteiger partial charge in [0.25, 0.3) is 0 Å². The molecule has 88 valence electrons. The van der Waals surface area contributed by atoms with Crippen LogP contribution in [0, 0.1) is 23.7 Å². The zero-order valence-electron chi connectivity index (χ0n) is 9.69. The summed E-state index contributed by atoms with van der Waals surface area (Å²) in [7, 11) is 0. The standard InChI is InChI=1S/C14H14O3/c1-2-3-11-16-13-6-8-14(9-7-13)17-12-5-4-10-15/h6-9,15H,10-12H2,1H3. The molecule has 0 aliphatic rings.